The fraction of sp³-hybridized carbons (Fsp3) is 0.250. The Labute approximate surface area is 142 Å². The van der Waals surface area contributed by atoms with Crippen LogP contribution >= 0.6 is 23.1 Å². The van der Waals surface area contributed by atoms with Crippen LogP contribution in [0, 0.1) is 6.92 Å². The van der Waals surface area contributed by atoms with E-state index in [1.165, 1.54) is 11.3 Å². The number of carbonyl (C=O) groups excluding carboxylic acids is 1. The maximum absolute atomic E-state index is 11.4. The van der Waals surface area contributed by atoms with E-state index in [-0.39, 0.29) is 5.91 Å². The average molecular weight is 344 g/mol. The molecule has 118 valence electrons. The Hall–Kier alpha value is -1.99. The summed E-state index contributed by atoms with van der Waals surface area (Å²) in [7, 11) is 1.63. The maximum Gasteiger partial charge on any atom is 0.226 e. The highest BCUT2D eigenvalue weighted by molar-refractivity contribution is 7.98. The molecule has 2 heterocycles. The summed E-state index contributed by atoms with van der Waals surface area (Å²) in [6, 6.07) is 7.87. The quantitative estimate of drug-likeness (QED) is 0.721. The van der Waals surface area contributed by atoms with Crippen molar-refractivity contribution in [3.05, 3.63) is 46.0 Å². The third-order valence-electron chi connectivity index (χ3n) is 3.25. The highest BCUT2D eigenvalue weighted by Gasteiger charge is 2.09. The number of fused-ring (bicyclic) bond motifs is 1. The Bertz CT molecular complexity index is 847. The van der Waals surface area contributed by atoms with Gasteiger partial charge in [-0.1, -0.05) is 23.9 Å². The molecule has 0 spiro atoms. The van der Waals surface area contributed by atoms with E-state index in [0.29, 0.717) is 6.42 Å². The second-order valence-electron chi connectivity index (χ2n) is 4.97. The van der Waals surface area contributed by atoms with Crippen LogP contribution in [0.25, 0.3) is 11.0 Å². The minimum atomic E-state index is -0.0187. The number of rotatable bonds is 5. The molecule has 3 rings (SSSR count). The van der Waals surface area contributed by atoms with Crippen molar-refractivity contribution in [2.75, 3.05) is 7.05 Å². The van der Waals surface area contributed by atoms with Crippen LogP contribution in [-0.2, 0) is 17.0 Å². The van der Waals surface area contributed by atoms with E-state index in [0.717, 1.165) is 38.2 Å². The van der Waals surface area contributed by atoms with Crippen molar-refractivity contribution in [1.29, 1.82) is 0 Å². The molecule has 0 atom stereocenters. The number of aryl methyl sites for hydroxylation is 1. The van der Waals surface area contributed by atoms with Crippen LogP contribution in [0.4, 0.5) is 0 Å². The van der Waals surface area contributed by atoms with E-state index >= 15 is 0 Å². The molecule has 3 aromatic rings. The van der Waals surface area contributed by atoms with Gasteiger partial charge in [0, 0.05) is 18.2 Å². The van der Waals surface area contributed by atoms with Gasteiger partial charge in [0.05, 0.1) is 28.8 Å². The number of hydrogen-bond donors (Lipinski definition) is 1. The first-order chi connectivity index (χ1) is 11.2. The number of nitrogens with one attached hydrogen (secondary N) is 1. The van der Waals surface area contributed by atoms with Gasteiger partial charge in [0.1, 0.15) is 10.0 Å². The Morgan fingerprint density at radius 1 is 1.22 bits per heavy atom. The molecule has 0 saturated heterocycles. The zero-order valence-corrected chi connectivity index (χ0v) is 14.5. The first-order valence-electron chi connectivity index (χ1n) is 7.16. The number of carbonyl (C=O) groups is 1. The van der Waals surface area contributed by atoms with Gasteiger partial charge in [-0.15, -0.1) is 11.3 Å². The van der Waals surface area contributed by atoms with Crippen molar-refractivity contribution in [3.63, 3.8) is 0 Å². The standard InChI is InChI=1S/C16H16N4OS2/c1-10-16(20-13-6-4-3-5-12(13)18-10)23-9-11-8-22-15(19-11)7-14(21)17-2/h3-6,8H,7,9H2,1-2H3,(H,17,21). The monoisotopic (exact) mass is 344 g/mol. The molecule has 0 aliphatic heterocycles. The second-order valence-corrected chi connectivity index (χ2v) is 6.88. The molecular formula is C16H16N4OS2. The number of hydrogen-bond acceptors (Lipinski definition) is 6. The third-order valence-corrected chi connectivity index (χ3v) is 5.25. The second kappa shape index (κ2) is 7.06. The van der Waals surface area contributed by atoms with Gasteiger partial charge in [-0.05, 0) is 19.1 Å². The Balaban J connectivity index is 1.71. The van der Waals surface area contributed by atoms with Crippen molar-refractivity contribution < 1.29 is 4.79 Å². The van der Waals surface area contributed by atoms with E-state index in [2.05, 4.69) is 20.3 Å². The van der Waals surface area contributed by atoms with Gasteiger partial charge in [0.15, 0.2) is 0 Å². The number of amides is 1. The summed E-state index contributed by atoms with van der Waals surface area (Å²) < 4.78 is 0. The van der Waals surface area contributed by atoms with Crippen molar-refractivity contribution in [3.8, 4) is 0 Å². The summed E-state index contributed by atoms with van der Waals surface area (Å²) in [4.78, 5) is 25.1. The van der Waals surface area contributed by atoms with Crippen molar-refractivity contribution in [1.82, 2.24) is 20.3 Å². The molecule has 1 N–H and O–H groups in total. The van der Waals surface area contributed by atoms with E-state index < -0.39 is 0 Å². The van der Waals surface area contributed by atoms with Crippen LogP contribution in [0.5, 0.6) is 0 Å². The first kappa shape index (κ1) is 15.9. The lowest BCUT2D eigenvalue weighted by Crippen LogP contribution is -2.19. The van der Waals surface area contributed by atoms with Gasteiger partial charge in [-0.25, -0.2) is 15.0 Å². The van der Waals surface area contributed by atoms with Crippen LogP contribution in [-0.4, -0.2) is 27.9 Å². The molecule has 0 fully saturated rings. The van der Waals surface area contributed by atoms with E-state index in [4.69, 9.17) is 0 Å². The summed E-state index contributed by atoms with van der Waals surface area (Å²) in [6.07, 6.45) is 0.334. The molecule has 0 aliphatic carbocycles. The highest BCUT2D eigenvalue weighted by Crippen LogP contribution is 2.26. The molecule has 2 aromatic heterocycles. The van der Waals surface area contributed by atoms with Gasteiger partial charge in [-0.2, -0.15) is 0 Å². The predicted molar refractivity (Wildman–Crippen MR) is 93.7 cm³/mol. The summed E-state index contributed by atoms with van der Waals surface area (Å²) in [5.41, 5.74) is 3.71. The number of para-hydroxylation sites is 2. The lowest BCUT2D eigenvalue weighted by molar-refractivity contribution is -0.119. The summed E-state index contributed by atoms with van der Waals surface area (Å²) >= 11 is 3.14. The number of aromatic nitrogens is 3. The molecule has 1 aromatic carbocycles. The lowest BCUT2D eigenvalue weighted by atomic mass is 10.3. The zero-order chi connectivity index (χ0) is 16.2. The number of thiazole rings is 1. The van der Waals surface area contributed by atoms with Crippen LogP contribution in [0.3, 0.4) is 0 Å². The molecule has 0 radical (unpaired) electrons. The van der Waals surface area contributed by atoms with Crippen molar-refractivity contribution in [2.45, 2.75) is 24.1 Å². The zero-order valence-electron chi connectivity index (χ0n) is 12.9. The number of benzene rings is 1. The van der Waals surface area contributed by atoms with Crippen LogP contribution in [0.1, 0.15) is 16.4 Å². The fourth-order valence-electron chi connectivity index (χ4n) is 2.07. The Morgan fingerprint density at radius 3 is 2.70 bits per heavy atom. The minimum absolute atomic E-state index is 0.0187. The predicted octanol–water partition coefficient (Wildman–Crippen LogP) is 2.98. The largest absolute Gasteiger partial charge is 0.359 e. The van der Waals surface area contributed by atoms with E-state index in [9.17, 15) is 4.79 Å². The van der Waals surface area contributed by atoms with E-state index in [1.807, 2.05) is 36.6 Å². The summed E-state index contributed by atoms with van der Waals surface area (Å²) in [6.45, 7) is 1.97. The topological polar surface area (TPSA) is 67.8 Å². The Morgan fingerprint density at radius 2 is 1.96 bits per heavy atom. The molecule has 0 aliphatic rings. The van der Waals surface area contributed by atoms with Gasteiger partial charge < -0.3 is 5.32 Å². The Kier molecular flexibility index (Phi) is 4.88. The number of thioether (sulfide) groups is 1. The third kappa shape index (κ3) is 3.86. The highest BCUT2D eigenvalue weighted by atomic mass is 32.2. The maximum atomic E-state index is 11.4. The van der Waals surface area contributed by atoms with Crippen molar-refractivity contribution in [2.24, 2.45) is 0 Å². The molecule has 1 amide bonds. The molecule has 7 heteroatoms. The summed E-state index contributed by atoms with van der Waals surface area (Å²) in [5.74, 6) is 0.702. The number of nitrogens with zero attached hydrogens (tertiary/aromatic N) is 3. The van der Waals surface area contributed by atoms with Gasteiger partial charge >= 0.3 is 0 Å². The molecule has 23 heavy (non-hydrogen) atoms. The molecular weight excluding hydrogens is 328 g/mol. The molecule has 0 bridgehead atoms. The average Bonchev–Trinajstić information content (AvgIpc) is 3.00. The summed E-state index contributed by atoms with van der Waals surface area (Å²) in [5, 5.41) is 6.36. The molecule has 0 saturated carbocycles. The van der Waals surface area contributed by atoms with Gasteiger partial charge in [-0.3, -0.25) is 4.79 Å². The van der Waals surface area contributed by atoms with Gasteiger partial charge in [0.2, 0.25) is 5.91 Å². The molecule has 0 unspecified atom stereocenters. The van der Waals surface area contributed by atoms with Crippen molar-refractivity contribution >= 4 is 40.0 Å². The van der Waals surface area contributed by atoms with E-state index in [1.54, 1.807) is 18.8 Å². The molecule has 5 nitrogen and oxygen atoms in total. The van der Waals surface area contributed by atoms with Crippen LogP contribution in [0.15, 0.2) is 34.7 Å². The van der Waals surface area contributed by atoms with Crippen LogP contribution < -0.4 is 5.32 Å². The SMILES string of the molecule is CNC(=O)Cc1nc(CSc2nc3ccccc3nc2C)cs1. The fourth-order valence-corrected chi connectivity index (χ4v) is 3.82. The normalized spacial score (nSPS) is 10.9. The van der Waals surface area contributed by atoms with Gasteiger partial charge in [0.25, 0.3) is 0 Å². The number of likely N-dealkylation sites (N-methyl/N-ethyl adjacent to an activating group) is 1. The lowest BCUT2D eigenvalue weighted by Gasteiger charge is -2.05. The smallest absolute Gasteiger partial charge is 0.226 e. The minimum Gasteiger partial charge on any atom is -0.359 e. The first-order valence-corrected chi connectivity index (χ1v) is 9.02. The van der Waals surface area contributed by atoms with Crippen LogP contribution in [0.2, 0.25) is 0 Å².